The van der Waals surface area contributed by atoms with E-state index in [2.05, 4.69) is 16.0 Å². The molecular weight excluding hydrogens is 312 g/mol. The Morgan fingerprint density at radius 2 is 1.88 bits per heavy atom. The van der Waals surface area contributed by atoms with Gasteiger partial charge < -0.3 is 31.2 Å². The second-order valence-corrected chi connectivity index (χ2v) is 5.98. The van der Waals surface area contributed by atoms with Gasteiger partial charge in [-0.2, -0.15) is 0 Å². The van der Waals surface area contributed by atoms with Crippen LogP contribution in [0.15, 0.2) is 0 Å². The van der Waals surface area contributed by atoms with Crippen molar-refractivity contribution in [3.8, 4) is 0 Å². The van der Waals surface area contributed by atoms with E-state index >= 15 is 0 Å². The van der Waals surface area contributed by atoms with Crippen LogP contribution in [-0.4, -0.2) is 63.5 Å². The third-order valence-electron chi connectivity index (χ3n) is 3.90. The fourth-order valence-corrected chi connectivity index (χ4v) is 2.55. The van der Waals surface area contributed by atoms with Crippen molar-refractivity contribution in [3.63, 3.8) is 0 Å². The van der Waals surface area contributed by atoms with Gasteiger partial charge in [-0.1, -0.05) is 12.8 Å². The van der Waals surface area contributed by atoms with E-state index < -0.39 is 0 Å². The number of rotatable bonds is 14. The SMILES string of the molecule is C[C@@H]1NC(=O)N[C@@H]1CCCCCC(=O)NCCOCCOCCN. The van der Waals surface area contributed by atoms with Gasteiger partial charge in [0.05, 0.1) is 32.5 Å². The maximum absolute atomic E-state index is 11.7. The van der Waals surface area contributed by atoms with E-state index in [1.165, 1.54) is 0 Å². The fourth-order valence-electron chi connectivity index (χ4n) is 2.55. The van der Waals surface area contributed by atoms with Crippen LogP contribution in [0.5, 0.6) is 0 Å². The Labute approximate surface area is 144 Å². The molecular formula is C16H32N4O4. The Bertz CT molecular complexity index is 368. The third-order valence-corrected chi connectivity index (χ3v) is 3.90. The number of carbonyl (C=O) groups excluding carboxylic acids is 2. The van der Waals surface area contributed by atoms with Crippen LogP contribution in [0.4, 0.5) is 4.79 Å². The standard InChI is InChI=1S/C16H32N4O4/c1-13-14(20-16(22)19-13)5-3-2-4-6-15(21)18-8-10-24-12-11-23-9-7-17/h13-14H,2-12,17H2,1H3,(H,18,21)(H2,19,20,22)/t13-,14+/m0/s1. The first-order valence-electron chi connectivity index (χ1n) is 8.82. The molecule has 0 unspecified atom stereocenters. The highest BCUT2D eigenvalue weighted by atomic mass is 16.5. The van der Waals surface area contributed by atoms with E-state index in [1.54, 1.807) is 0 Å². The van der Waals surface area contributed by atoms with Gasteiger partial charge in [-0.3, -0.25) is 4.79 Å². The van der Waals surface area contributed by atoms with Crippen LogP contribution in [0.2, 0.25) is 0 Å². The van der Waals surface area contributed by atoms with Gasteiger partial charge in [-0.25, -0.2) is 4.79 Å². The van der Waals surface area contributed by atoms with Gasteiger partial charge in [-0.05, 0) is 19.8 Å². The van der Waals surface area contributed by atoms with Crippen LogP contribution in [0.1, 0.15) is 39.0 Å². The summed E-state index contributed by atoms with van der Waals surface area (Å²) in [6.45, 7) is 5.12. The summed E-state index contributed by atoms with van der Waals surface area (Å²) in [6, 6.07) is 0.304. The molecule has 0 bridgehead atoms. The van der Waals surface area contributed by atoms with Crippen molar-refractivity contribution in [2.75, 3.05) is 39.5 Å². The molecule has 0 aliphatic carbocycles. The maximum atomic E-state index is 11.7. The molecule has 0 aromatic heterocycles. The molecule has 0 saturated carbocycles. The fraction of sp³-hybridized carbons (Fsp3) is 0.875. The van der Waals surface area contributed by atoms with Crippen molar-refractivity contribution in [2.45, 2.75) is 51.1 Å². The summed E-state index contributed by atoms with van der Waals surface area (Å²) in [6.07, 6.45) is 4.34. The van der Waals surface area contributed by atoms with E-state index in [0.29, 0.717) is 45.9 Å². The van der Waals surface area contributed by atoms with Crippen molar-refractivity contribution >= 4 is 11.9 Å². The number of hydrogen-bond donors (Lipinski definition) is 4. The lowest BCUT2D eigenvalue weighted by Gasteiger charge is -2.13. The first-order valence-corrected chi connectivity index (χ1v) is 8.82. The first kappa shape index (κ1) is 20.7. The van der Waals surface area contributed by atoms with Crippen LogP contribution in [0.25, 0.3) is 0 Å². The summed E-state index contributed by atoms with van der Waals surface area (Å²) < 4.78 is 10.5. The molecule has 0 radical (unpaired) electrons. The van der Waals surface area contributed by atoms with Crippen LogP contribution in [-0.2, 0) is 14.3 Å². The quantitative estimate of drug-likeness (QED) is 0.334. The van der Waals surface area contributed by atoms with Crippen LogP contribution in [0.3, 0.4) is 0 Å². The molecule has 8 heteroatoms. The van der Waals surface area contributed by atoms with Crippen molar-refractivity contribution in [1.29, 1.82) is 0 Å². The molecule has 8 nitrogen and oxygen atoms in total. The monoisotopic (exact) mass is 344 g/mol. The topological polar surface area (TPSA) is 115 Å². The molecule has 2 atom stereocenters. The van der Waals surface area contributed by atoms with Gasteiger partial charge in [0.2, 0.25) is 5.91 Å². The molecule has 0 aromatic carbocycles. The van der Waals surface area contributed by atoms with Gasteiger partial charge >= 0.3 is 6.03 Å². The van der Waals surface area contributed by atoms with E-state index in [0.717, 1.165) is 25.7 Å². The second-order valence-electron chi connectivity index (χ2n) is 5.98. The summed E-state index contributed by atoms with van der Waals surface area (Å²) in [7, 11) is 0. The van der Waals surface area contributed by atoms with Crippen molar-refractivity contribution in [1.82, 2.24) is 16.0 Å². The number of hydrogen-bond acceptors (Lipinski definition) is 5. The van der Waals surface area contributed by atoms with Crippen LogP contribution >= 0.6 is 0 Å². The Kier molecular flexibility index (Phi) is 11.2. The minimum absolute atomic E-state index is 0.0576. The van der Waals surface area contributed by atoms with Crippen molar-refractivity contribution < 1.29 is 19.1 Å². The first-order chi connectivity index (χ1) is 11.6. The molecule has 24 heavy (non-hydrogen) atoms. The summed E-state index contributed by atoms with van der Waals surface area (Å²) in [4.78, 5) is 22.8. The van der Waals surface area contributed by atoms with E-state index in [-0.39, 0.29) is 24.0 Å². The van der Waals surface area contributed by atoms with Gasteiger partial charge in [0.25, 0.3) is 0 Å². The molecule has 1 saturated heterocycles. The minimum atomic E-state index is -0.0833. The Morgan fingerprint density at radius 3 is 2.54 bits per heavy atom. The van der Waals surface area contributed by atoms with Gasteiger partial charge in [0.15, 0.2) is 0 Å². The lowest BCUT2D eigenvalue weighted by Crippen LogP contribution is -2.30. The molecule has 1 rings (SSSR count). The lowest BCUT2D eigenvalue weighted by atomic mass is 10.0. The molecule has 140 valence electrons. The number of nitrogens with one attached hydrogen (secondary N) is 3. The molecule has 0 aromatic rings. The molecule has 3 amide bonds. The van der Waals surface area contributed by atoms with E-state index in [9.17, 15) is 9.59 Å². The number of carbonyl (C=O) groups is 2. The third kappa shape index (κ3) is 9.69. The van der Waals surface area contributed by atoms with Crippen LogP contribution in [0, 0.1) is 0 Å². The lowest BCUT2D eigenvalue weighted by molar-refractivity contribution is -0.121. The Morgan fingerprint density at radius 1 is 1.12 bits per heavy atom. The maximum Gasteiger partial charge on any atom is 0.315 e. The van der Waals surface area contributed by atoms with Crippen molar-refractivity contribution in [2.24, 2.45) is 5.73 Å². The second kappa shape index (κ2) is 13.0. The summed E-state index contributed by atoms with van der Waals surface area (Å²) in [5.74, 6) is 0.0576. The van der Waals surface area contributed by atoms with Gasteiger partial charge in [0.1, 0.15) is 0 Å². The van der Waals surface area contributed by atoms with Gasteiger partial charge in [-0.15, -0.1) is 0 Å². The number of unbranched alkanes of at least 4 members (excludes halogenated alkanes) is 2. The zero-order valence-corrected chi connectivity index (χ0v) is 14.6. The summed E-state index contributed by atoms with van der Waals surface area (Å²) in [5, 5.41) is 8.57. The Balaban J connectivity index is 1.85. The van der Waals surface area contributed by atoms with E-state index in [1.807, 2.05) is 6.92 Å². The molecule has 1 fully saturated rings. The number of urea groups is 1. The molecule has 5 N–H and O–H groups in total. The predicted molar refractivity (Wildman–Crippen MR) is 91.7 cm³/mol. The average molecular weight is 344 g/mol. The van der Waals surface area contributed by atoms with Crippen molar-refractivity contribution in [3.05, 3.63) is 0 Å². The predicted octanol–water partition coefficient (Wildman–Crippen LogP) is 0.115. The minimum Gasteiger partial charge on any atom is -0.378 e. The molecule has 1 aliphatic heterocycles. The van der Waals surface area contributed by atoms with E-state index in [4.69, 9.17) is 15.2 Å². The molecule has 0 spiro atoms. The highest BCUT2D eigenvalue weighted by Gasteiger charge is 2.26. The summed E-state index contributed by atoms with van der Waals surface area (Å²) >= 11 is 0. The smallest absolute Gasteiger partial charge is 0.315 e. The Hall–Kier alpha value is -1.38. The zero-order chi connectivity index (χ0) is 17.6. The summed E-state index contributed by atoms with van der Waals surface area (Å²) in [5.41, 5.74) is 5.29. The highest BCUT2D eigenvalue weighted by Crippen LogP contribution is 2.11. The van der Waals surface area contributed by atoms with Gasteiger partial charge in [0, 0.05) is 25.6 Å². The highest BCUT2D eigenvalue weighted by molar-refractivity contribution is 5.77. The largest absolute Gasteiger partial charge is 0.378 e. The molecule has 1 aliphatic rings. The molecule has 1 heterocycles. The number of amides is 3. The van der Waals surface area contributed by atoms with Crippen LogP contribution < -0.4 is 21.7 Å². The normalized spacial score (nSPS) is 19.8. The zero-order valence-electron chi connectivity index (χ0n) is 14.6. The number of nitrogens with two attached hydrogens (primary N) is 1. The average Bonchev–Trinajstić information content (AvgIpc) is 2.87. The number of ether oxygens (including phenoxy) is 2.